The van der Waals surface area contributed by atoms with Gasteiger partial charge in [-0.15, -0.1) is 6.58 Å². The highest BCUT2D eigenvalue weighted by molar-refractivity contribution is 6.04. The highest BCUT2D eigenvalue weighted by Gasteiger charge is 2.24. The molecule has 226 valence electrons. The second-order valence-electron chi connectivity index (χ2n) is 10.8. The minimum absolute atomic E-state index is 0.128. The number of carbonyl (C=O) groups is 3. The van der Waals surface area contributed by atoms with Crippen LogP contribution in [0.4, 0.5) is 0 Å². The lowest BCUT2D eigenvalue weighted by Crippen LogP contribution is -2.48. The molecule has 4 aromatic rings. The Hall–Kier alpha value is -4.85. The first-order chi connectivity index (χ1) is 21.3. The monoisotopic (exact) mass is 589 g/mol. The molecule has 7 nitrogen and oxygen atoms in total. The molecule has 3 atom stereocenters. The molecule has 0 aliphatic carbocycles. The zero-order chi connectivity index (χ0) is 31.5. The third-order valence-electron chi connectivity index (χ3n) is 7.44. The topological polar surface area (TPSA) is 108 Å². The van der Waals surface area contributed by atoms with E-state index >= 15 is 0 Å². The van der Waals surface area contributed by atoms with Gasteiger partial charge in [-0.25, -0.2) is 0 Å². The van der Waals surface area contributed by atoms with Crippen molar-refractivity contribution >= 4 is 17.6 Å². The molecule has 0 aliphatic heterocycles. The van der Waals surface area contributed by atoms with E-state index in [-0.39, 0.29) is 35.4 Å². The van der Waals surface area contributed by atoms with Crippen molar-refractivity contribution in [3.63, 3.8) is 0 Å². The largest absolute Gasteiger partial charge is 0.390 e. The Morgan fingerprint density at radius 1 is 0.818 bits per heavy atom. The predicted octanol–water partition coefficient (Wildman–Crippen LogP) is 5.52. The summed E-state index contributed by atoms with van der Waals surface area (Å²) in [6.07, 6.45) is 1.21. The Bertz CT molecular complexity index is 1590. The number of rotatable bonds is 14. The van der Waals surface area contributed by atoms with Crippen molar-refractivity contribution in [3.05, 3.63) is 144 Å². The Labute approximate surface area is 259 Å². The molecular formula is C37H39N3O4. The number of aliphatic hydroxyl groups excluding tert-OH is 1. The second kappa shape index (κ2) is 15.6. The summed E-state index contributed by atoms with van der Waals surface area (Å²) >= 11 is 0. The number of hydrogen-bond donors (Lipinski definition) is 4. The molecule has 0 saturated heterocycles. The fourth-order valence-corrected chi connectivity index (χ4v) is 5.07. The Balaban J connectivity index is 1.69. The van der Waals surface area contributed by atoms with Gasteiger partial charge in [0, 0.05) is 29.8 Å². The van der Waals surface area contributed by atoms with Crippen LogP contribution in [-0.4, -0.2) is 47.9 Å². The van der Waals surface area contributed by atoms with Crippen molar-refractivity contribution in [2.75, 3.05) is 13.1 Å². The summed E-state index contributed by atoms with van der Waals surface area (Å²) in [5.74, 6) is -0.926. The summed E-state index contributed by atoms with van der Waals surface area (Å²) in [4.78, 5) is 39.9. The van der Waals surface area contributed by atoms with E-state index in [1.54, 1.807) is 42.5 Å². The van der Waals surface area contributed by atoms with E-state index in [0.29, 0.717) is 29.7 Å². The lowest BCUT2D eigenvalue weighted by molar-refractivity contribution is 0.0832. The molecule has 0 spiro atoms. The number of amides is 2. The van der Waals surface area contributed by atoms with Crippen LogP contribution in [0.5, 0.6) is 0 Å². The SMILES string of the molecule is C=CCNC[C@@H](O)[C@H](Cc1ccccc1)NC(=O)c1cc(C(=O)N[C@H](C)c2ccccc2)cc(-c2ccccc2C(C)=O)c1. The van der Waals surface area contributed by atoms with E-state index in [9.17, 15) is 19.5 Å². The van der Waals surface area contributed by atoms with Crippen molar-refractivity contribution < 1.29 is 19.5 Å². The van der Waals surface area contributed by atoms with Crippen LogP contribution in [0.25, 0.3) is 11.1 Å². The van der Waals surface area contributed by atoms with Gasteiger partial charge in [0.2, 0.25) is 0 Å². The van der Waals surface area contributed by atoms with Crippen LogP contribution in [0, 0.1) is 0 Å². The molecule has 44 heavy (non-hydrogen) atoms. The number of aliphatic hydroxyl groups is 1. The second-order valence-corrected chi connectivity index (χ2v) is 10.8. The molecule has 2 amide bonds. The lowest BCUT2D eigenvalue weighted by Gasteiger charge is -2.25. The van der Waals surface area contributed by atoms with Gasteiger partial charge in [-0.2, -0.15) is 0 Å². The van der Waals surface area contributed by atoms with Crippen molar-refractivity contribution in [2.24, 2.45) is 0 Å². The highest BCUT2D eigenvalue weighted by Crippen LogP contribution is 2.27. The molecule has 0 aliphatic rings. The first-order valence-corrected chi connectivity index (χ1v) is 14.7. The molecule has 4 aromatic carbocycles. The first kappa shape index (κ1) is 32.1. The van der Waals surface area contributed by atoms with Crippen LogP contribution in [0.1, 0.15) is 62.1 Å². The van der Waals surface area contributed by atoms with E-state index in [0.717, 1.165) is 11.1 Å². The number of nitrogens with one attached hydrogen (secondary N) is 3. The summed E-state index contributed by atoms with van der Waals surface area (Å²) < 4.78 is 0. The molecule has 0 aromatic heterocycles. The molecular weight excluding hydrogens is 550 g/mol. The van der Waals surface area contributed by atoms with Gasteiger partial charge in [-0.3, -0.25) is 14.4 Å². The molecule has 0 heterocycles. The summed E-state index contributed by atoms with van der Waals surface area (Å²) in [5, 5.41) is 20.2. The summed E-state index contributed by atoms with van der Waals surface area (Å²) in [6.45, 7) is 7.84. The predicted molar refractivity (Wildman–Crippen MR) is 175 cm³/mol. The zero-order valence-electron chi connectivity index (χ0n) is 25.1. The standard InChI is InChI=1S/C37H39N3O4/c1-4-19-38-24-35(42)34(20-27-13-7-5-8-14-27)40-37(44)31-22-29(33-18-12-11-17-32(33)26(3)41)21-30(23-31)36(43)39-25(2)28-15-9-6-10-16-28/h4-18,21-23,25,34-35,38,42H,1,19-20,24H2,2-3H3,(H,39,43)(H,40,44)/t25-,34+,35-/m1/s1. The fraction of sp³-hybridized carbons (Fsp3) is 0.216. The van der Waals surface area contributed by atoms with Crippen molar-refractivity contribution in [3.8, 4) is 11.1 Å². The van der Waals surface area contributed by atoms with Crippen molar-refractivity contribution in [1.82, 2.24) is 16.0 Å². The average Bonchev–Trinajstić information content (AvgIpc) is 3.05. The normalized spacial score (nSPS) is 12.9. The molecule has 7 heteroatoms. The van der Waals surface area contributed by atoms with Crippen LogP contribution < -0.4 is 16.0 Å². The first-order valence-electron chi connectivity index (χ1n) is 14.7. The van der Waals surface area contributed by atoms with Crippen LogP contribution in [-0.2, 0) is 6.42 Å². The number of carbonyl (C=O) groups excluding carboxylic acids is 3. The quantitative estimate of drug-likeness (QED) is 0.0880. The van der Waals surface area contributed by atoms with Crippen LogP contribution in [0.3, 0.4) is 0 Å². The van der Waals surface area contributed by atoms with Gasteiger partial charge < -0.3 is 21.1 Å². The maximum atomic E-state index is 13.8. The van der Waals surface area contributed by atoms with Crippen molar-refractivity contribution in [1.29, 1.82) is 0 Å². The molecule has 0 bridgehead atoms. The third-order valence-corrected chi connectivity index (χ3v) is 7.44. The molecule has 0 radical (unpaired) electrons. The lowest BCUT2D eigenvalue weighted by atomic mass is 9.93. The maximum Gasteiger partial charge on any atom is 0.251 e. The fourth-order valence-electron chi connectivity index (χ4n) is 5.07. The van der Waals surface area contributed by atoms with Crippen molar-refractivity contribution in [2.45, 2.75) is 38.5 Å². The summed E-state index contributed by atoms with van der Waals surface area (Å²) in [7, 11) is 0. The van der Waals surface area contributed by atoms with E-state index in [1.165, 1.54) is 6.92 Å². The smallest absolute Gasteiger partial charge is 0.251 e. The van der Waals surface area contributed by atoms with Gasteiger partial charge in [0.15, 0.2) is 5.78 Å². The average molecular weight is 590 g/mol. The van der Waals surface area contributed by atoms with Gasteiger partial charge in [-0.1, -0.05) is 91.0 Å². The maximum absolute atomic E-state index is 13.8. The Kier molecular flexibility index (Phi) is 11.3. The van der Waals surface area contributed by atoms with Gasteiger partial charge in [0.25, 0.3) is 11.8 Å². The van der Waals surface area contributed by atoms with Crippen LogP contribution in [0.15, 0.2) is 116 Å². The van der Waals surface area contributed by atoms with Gasteiger partial charge in [0.1, 0.15) is 0 Å². The third kappa shape index (κ3) is 8.60. The summed E-state index contributed by atoms with van der Waals surface area (Å²) in [5.41, 5.74) is 4.09. The van der Waals surface area contributed by atoms with E-state index in [2.05, 4.69) is 22.5 Å². The number of ketones is 1. The van der Waals surface area contributed by atoms with E-state index in [4.69, 9.17) is 0 Å². The summed E-state index contributed by atoms with van der Waals surface area (Å²) in [6, 6.07) is 30.4. The van der Waals surface area contributed by atoms with Gasteiger partial charge in [0.05, 0.1) is 18.2 Å². The molecule has 4 N–H and O–H groups in total. The van der Waals surface area contributed by atoms with Crippen LogP contribution in [0.2, 0.25) is 0 Å². The number of Topliss-reactive ketones (excluding diaryl/α,β-unsaturated/α-hetero) is 1. The molecule has 4 rings (SSSR count). The minimum Gasteiger partial charge on any atom is -0.390 e. The highest BCUT2D eigenvalue weighted by atomic mass is 16.3. The number of benzene rings is 4. The van der Waals surface area contributed by atoms with E-state index in [1.807, 2.05) is 73.7 Å². The molecule has 0 unspecified atom stereocenters. The molecule has 0 saturated carbocycles. The number of hydrogen-bond acceptors (Lipinski definition) is 5. The Morgan fingerprint density at radius 3 is 2.05 bits per heavy atom. The van der Waals surface area contributed by atoms with E-state index < -0.39 is 18.1 Å². The Morgan fingerprint density at radius 2 is 1.41 bits per heavy atom. The molecule has 0 fully saturated rings. The van der Waals surface area contributed by atoms with Gasteiger partial charge in [-0.05, 0) is 60.7 Å². The van der Waals surface area contributed by atoms with Crippen LogP contribution >= 0.6 is 0 Å². The zero-order valence-corrected chi connectivity index (χ0v) is 25.1. The van der Waals surface area contributed by atoms with Gasteiger partial charge >= 0.3 is 0 Å². The minimum atomic E-state index is -0.893.